The van der Waals surface area contributed by atoms with Crippen LogP contribution < -0.4 is 5.56 Å². The van der Waals surface area contributed by atoms with Crippen LogP contribution in [0.3, 0.4) is 0 Å². The fourth-order valence-corrected chi connectivity index (χ4v) is 1.18. The van der Waals surface area contributed by atoms with E-state index in [2.05, 4.69) is 9.72 Å². The Morgan fingerprint density at radius 2 is 2.21 bits per heavy atom. The Balaban J connectivity index is 2.71. The van der Waals surface area contributed by atoms with Gasteiger partial charge in [0.25, 0.3) is 0 Å². The van der Waals surface area contributed by atoms with Crippen molar-refractivity contribution in [1.82, 2.24) is 4.98 Å². The van der Waals surface area contributed by atoms with Gasteiger partial charge in [0.05, 0.1) is 13.5 Å². The number of carbonyl (C=O) groups excluding carboxylic acids is 1. The van der Waals surface area contributed by atoms with Crippen molar-refractivity contribution in [2.45, 2.75) is 19.8 Å². The van der Waals surface area contributed by atoms with E-state index in [1.54, 1.807) is 6.07 Å². The molecule has 0 atom stereocenters. The molecule has 1 rings (SSSR count). The van der Waals surface area contributed by atoms with Crippen LogP contribution in [0.25, 0.3) is 0 Å². The first-order chi connectivity index (χ1) is 6.63. The van der Waals surface area contributed by atoms with Gasteiger partial charge in [-0.25, -0.2) is 0 Å². The summed E-state index contributed by atoms with van der Waals surface area (Å²) in [5.74, 6) is -0.269. The highest BCUT2D eigenvalue weighted by Gasteiger charge is 2.04. The fourth-order valence-electron chi connectivity index (χ4n) is 1.18. The van der Waals surface area contributed by atoms with E-state index in [0.717, 1.165) is 11.3 Å². The lowest BCUT2D eigenvalue weighted by Gasteiger charge is -2.03. The monoisotopic (exact) mass is 195 g/mol. The zero-order chi connectivity index (χ0) is 10.6. The van der Waals surface area contributed by atoms with Crippen molar-refractivity contribution in [1.29, 1.82) is 0 Å². The number of hydrogen-bond acceptors (Lipinski definition) is 3. The zero-order valence-electron chi connectivity index (χ0n) is 8.29. The summed E-state index contributed by atoms with van der Waals surface area (Å²) in [6.07, 6.45) is 0.797. The van der Waals surface area contributed by atoms with Crippen LogP contribution in [0.5, 0.6) is 0 Å². The minimum atomic E-state index is -0.269. The average molecular weight is 195 g/mol. The topological polar surface area (TPSA) is 59.2 Å². The molecule has 1 aromatic rings. The summed E-state index contributed by atoms with van der Waals surface area (Å²) in [5, 5.41) is 0. The van der Waals surface area contributed by atoms with Crippen LogP contribution in [-0.2, 0) is 16.0 Å². The maximum absolute atomic E-state index is 11.0. The molecule has 0 radical (unpaired) electrons. The van der Waals surface area contributed by atoms with E-state index >= 15 is 0 Å². The van der Waals surface area contributed by atoms with Crippen LogP contribution in [0.1, 0.15) is 17.7 Å². The van der Waals surface area contributed by atoms with Crippen molar-refractivity contribution in [2.75, 3.05) is 7.11 Å². The molecule has 0 aliphatic carbocycles. The fraction of sp³-hybridized carbons (Fsp3) is 0.400. The Labute approximate surface area is 81.9 Å². The van der Waals surface area contributed by atoms with Crippen molar-refractivity contribution in [2.24, 2.45) is 0 Å². The van der Waals surface area contributed by atoms with E-state index in [4.69, 9.17) is 0 Å². The van der Waals surface area contributed by atoms with E-state index < -0.39 is 0 Å². The Kier molecular flexibility index (Phi) is 3.45. The summed E-state index contributed by atoms with van der Waals surface area (Å²) in [6, 6.07) is 3.21. The van der Waals surface area contributed by atoms with Crippen LogP contribution in [0.2, 0.25) is 0 Å². The van der Waals surface area contributed by atoms with Crippen LogP contribution in [0, 0.1) is 6.92 Å². The lowest BCUT2D eigenvalue weighted by Crippen LogP contribution is -2.11. The molecule has 0 aromatic carbocycles. The van der Waals surface area contributed by atoms with Crippen molar-refractivity contribution >= 4 is 5.97 Å². The third-order valence-corrected chi connectivity index (χ3v) is 2.04. The van der Waals surface area contributed by atoms with Gasteiger partial charge in [0, 0.05) is 11.8 Å². The third kappa shape index (κ3) is 2.73. The number of nitrogens with one attached hydrogen (secondary N) is 1. The van der Waals surface area contributed by atoms with Gasteiger partial charge in [0.15, 0.2) is 0 Å². The molecule has 0 saturated heterocycles. The summed E-state index contributed by atoms with van der Waals surface area (Å²) < 4.78 is 4.51. The number of hydrogen-bond donors (Lipinski definition) is 1. The molecule has 0 saturated carbocycles. The minimum absolute atomic E-state index is 0.143. The maximum atomic E-state index is 11.0. The number of ether oxygens (including phenoxy) is 1. The summed E-state index contributed by atoms with van der Waals surface area (Å²) in [5.41, 5.74) is 1.63. The molecule has 4 heteroatoms. The lowest BCUT2D eigenvalue weighted by molar-refractivity contribution is -0.140. The van der Waals surface area contributed by atoms with Gasteiger partial charge in [-0.2, -0.15) is 0 Å². The van der Waals surface area contributed by atoms with Crippen molar-refractivity contribution in [3.8, 4) is 0 Å². The van der Waals surface area contributed by atoms with E-state index in [-0.39, 0.29) is 17.9 Å². The highest BCUT2D eigenvalue weighted by molar-refractivity contribution is 5.69. The Bertz CT molecular complexity index is 381. The van der Waals surface area contributed by atoms with Gasteiger partial charge in [0.1, 0.15) is 0 Å². The number of aromatic amines is 1. The molecule has 4 nitrogen and oxygen atoms in total. The number of carbonyl (C=O) groups is 1. The lowest BCUT2D eigenvalue weighted by atomic mass is 10.1. The van der Waals surface area contributed by atoms with E-state index in [1.807, 2.05) is 6.92 Å². The minimum Gasteiger partial charge on any atom is -0.469 e. The zero-order valence-corrected chi connectivity index (χ0v) is 8.29. The predicted octanol–water partition coefficient (Wildman–Crippen LogP) is 0.789. The molecule has 76 valence electrons. The molecule has 0 aliphatic rings. The standard InChI is InChI=1S/C10H13NO3/c1-7-3-5-9(12)11-8(7)4-6-10(13)14-2/h3,5H,4,6H2,1-2H3,(H,11,12). The highest BCUT2D eigenvalue weighted by atomic mass is 16.5. The molecule has 0 aliphatic heterocycles. The molecule has 0 unspecified atom stereocenters. The first-order valence-corrected chi connectivity index (χ1v) is 4.39. The molecule has 1 heterocycles. The van der Waals surface area contributed by atoms with Crippen LogP contribution in [0.15, 0.2) is 16.9 Å². The van der Waals surface area contributed by atoms with Crippen molar-refractivity contribution in [3.05, 3.63) is 33.7 Å². The summed E-state index contributed by atoms with van der Waals surface area (Å²) in [7, 11) is 1.35. The molecule has 0 amide bonds. The number of H-pyrrole nitrogens is 1. The normalized spacial score (nSPS) is 9.86. The molecule has 0 fully saturated rings. The second kappa shape index (κ2) is 4.60. The van der Waals surface area contributed by atoms with Crippen molar-refractivity contribution in [3.63, 3.8) is 0 Å². The number of esters is 1. The second-order valence-electron chi connectivity index (χ2n) is 3.06. The van der Waals surface area contributed by atoms with E-state index in [9.17, 15) is 9.59 Å². The van der Waals surface area contributed by atoms with Crippen LogP contribution in [0.4, 0.5) is 0 Å². The van der Waals surface area contributed by atoms with Gasteiger partial charge in [0.2, 0.25) is 5.56 Å². The van der Waals surface area contributed by atoms with Crippen LogP contribution in [-0.4, -0.2) is 18.1 Å². The van der Waals surface area contributed by atoms with Gasteiger partial charge in [-0.3, -0.25) is 9.59 Å². The molecule has 0 spiro atoms. The summed E-state index contributed by atoms with van der Waals surface area (Å²) >= 11 is 0. The average Bonchev–Trinajstić information content (AvgIpc) is 2.19. The first kappa shape index (κ1) is 10.5. The first-order valence-electron chi connectivity index (χ1n) is 4.39. The highest BCUT2D eigenvalue weighted by Crippen LogP contribution is 2.04. The van der Waals surface area contributed by atoms with Gasteiger partial charge >= 0.3 is 5.97 Å². The number of methoxy groups -OCH3 is 1. The maximum Gasteiger partial charge on any atom is 0.305 e. The molecule has 1 aromatic heterocycles. The Hall–Kier alpha value is -1.58. The largest absolute Gasteiger partial charge is 0.469 e. The number of pyridine rings is 1. The molecule has 1 N–H and O–H groups in total. The van der Waals surface area contributed by atoms with Gasteiger partial charge in [-0.15, -0.1) is 0 Å². The summed E-state index contributed by atoms with van der Waals surface area (Å²) in [6.45, 7) is 1.89. The molecular weight excluding hydrogens is 182 g/mol. The van der Waals surface area contributed by atoms with Gasteiger partial charge < -0.3 is 9.72 Å². The summed E-state index contributed by atoms with van der Waals surface area (Å²) in [4.78, 5) is 24.5. The van der Waals surface area contributed by atoms with Crippen LogP contribution >= 0.6 is 0 Å². The number of rotatable bonds is 3. The predicted molar refractivity (Wildman–Crippen MR) is 52.1 cm³/mol. The Morgan fingerprint density at radius 3 is 2.86 bits per heavy atom. The molecule has 0 bridgehead atoms. The third-order valence-electron chi connectivity index (χ3n) is 2.04. The van der Waals surface area contributed by atoms with E-state index in [1.165, 1.54) is 13.2 Å². The number of aryl methyl sites for hydroxylation is 2. The number of aromatic nitrogens is 1. The quantitative estimate of drug-likeness (QED) is 0.725. The molecular formula is C10H13NO3. The SMILES string of the molecule is COC(=O)CCc1[nH]c(=O)ccc1C. The van der Waals surface area contributed by atoms with E-state index in [0.29, 0.717) is 6.42 Å². The smallest absolute Gasteiger partial charge is 0.305 e. The van der Waals surface area contributed by atoms with Gasteiger partial charge in [-0.1, -0.05) is 6.07 Å². The van der Waals surface area contributed by atoms with Gasteiger partial charge in [-0.05, 0) is 18.9 Å². The van der Waals surface area contributed by atoms with Crippen molar-refractivity contribution < 1.29 is 9.53 Å². The Morgan fingerprint density at radius 1 is 1.50 bits per heavy atom. The molecule has 14 heavy (non-hydrogen) atoms. The second-order valence-corrected chi connectivity index (χ2v) is 3.06.